The van der Waals surface area contributed by atoms with Crippen LogP contribution in [0, 0.1) is 11.8 Å². The largest absolute Gasteiger partial charge is 0.461 e. The molecule has 0 radical (unpaired) electrons. The van der Waals surface area contributed by atoms with Crippen LogP contribution in [0.3, 0.4) is 0 Å². The number of carbonyl (C=O) groups is 3. The number of cyclic esters (lactones) is 1. The quantitative estimate of drug-likeness (QED) is 0.440. The SMILES string of the molecule is CCC[C@]1(C)CC2OC(=O)/C=C/[C@@H](C)CC(=O)O[C@@H](CC(C)=O)[C@H](C)/C=C(\C)CC[C@@H]2O1. The minimum Gasteiger partial charge on any atom is -0.461 e. The lowest BCUT2D eigenvalue weighted by molar-refractivity contribution is -0.152. The van der Waals surface area contributed by atoms with Gasteiger partial charge in [-0.2, -0.15) is 0 Å². The van der Waals surface area contributed by atoms with Crippen LogP contribution in [0.4, 0.5) is 0 Å². The molecule has 0 amide bonds. The molecule has 1 unspecified atom stereocenters. The third kappa shape index (κ3) is 8.19. The Morgan fingerprint density at radius 3 is 2.56 bits per heavy atom. The second kappa shape index (κ2) is 11.8. The third-order valence-corrected chi connectivity index (χ3v) is 6.31. The number of hydrogen-bond donors (Lipinski definition) is 0. The topological polar surface area (TPSA) is 78.9 Å². The molecular formula is C26H40O6. The minimum absolute atomic E-state index is 0.0109. The molecule has 2 aliphatic heterocycles. The van der Waals surface area contributed by atoms with E-state index in [9.17, 15) is 14.4 Å². The van der Waals surface area contributed by atoms with Crippen LogP contribution in [0.15, 0.2) is 23.8 Å². The predicted molar refractivity (Wildman–Crippen MR) is 123 cm³/mol. The van der Waals surface area contributed by atoms with Gasteiger partial charge < -0.3 is 14.2 Å². The summed E-state index contributed by atoms with van der Waals surface area (Å²) in [6.45, 7) is 11.6. The Labute approximate surface area is 192 Å². The zero-order valence-corrected chi connectivity index (χ0v) is 20.5. The van der Waals surface area contributed by atoms with Crippen molar-refractivity contribution in [3.63, 3.8) is 0 Å². The van der Waals surface area contributed by atoms with Crippen molar-refractivity contribution in [1.82, 2.24) is 0 Å². The molecule has 2 rings (SSSR count). The van der Waals surface area contributed by atoms with E-state index in [2.05, 4.69) is 19.9 Å². The van der Waals surface area contributed by atoms with Gasteiger partial charge in [0.25, 0.3) is 0 Å². The molecule has 0 N–H and O–H groups in total. The number of esters is 2. The number of ether oxygens (including phenoxy) is 3. The fraction of sp³-hybridized carbons (Fsp3) is 0.731. The van der Waals surface area contributed by atoms with Gasteiger partial charge in [0.1, 0.15) is 18.0 Å². The fourth-order valence-electron chi connectivity index (χ4n) is 4.71. The third-order valence-electron chi connectivity index (χ3n) is 6.31. The van der Waals surface area contributed by atoms with Gasteiger partial charge >= 0.3 is 11.9 Å². The van der Waals surface area contributed by atoms with Gasteiger partial charge in [-0.15, -0.1) is 0 Å². The molecule has 0 aromatic heterocycles. The molecule has 0 bridgehead atoms. The second-order valence-electron chi connectivity index (χ2n) is 9.92. The maximum Gasteiger partial charge on any atom is 0.330 e. The number of rotatable bonds is 4. The monoisotopic (exact) mass is 448 g/mol. The molecule has 0 spiro atoms. The lowest BCUT2D eigenvalue weighted by Crippen LogP contribution is -2.28. The molecule has 180 valence electrons. The minimum atomic E-state index is -0.493. The zero-order chi connectivity index (χ0) is 23.9. The van der Waals surface area contributed by atoms with E-state index in [0.717, 1.165) is 31.3 Å². The van der Waals surface area contributed by atoms with E-state index >= 15 is 0 Å². The summed E-state index contributed by atoms with van der Waals surface area (Å²) in [4.78, 5) is 36.7. The molecule has 6 nitrogen and oxygen atoms in total. The van der Waals surface area contributed by atoms with Crippen LogP contribution < -0.4 is 0 Å². The number of Topliss-reactive ketones (excluding diaryl/α,β-unsaturated/α-hetero) is 1. The zero-order valence-electron chi connectivity index (χ0n) is 20.5. The number of allylic oxidation sites excluding steroid dienone is 2. The highest BCUT2D eigenvalue weighted by Gasteiger charge is 2.44. The van der Waals surface area contributed by atoms with E-state index in [1.54, 1.807) is 6.08 Å². The fourth-order valence-corrected chi connectivity index (χ4v) is 4.71. The maximum atomic E-state index is 12.5. The molecule has 0 saturated carbocycles. The Bertz CT molecular complexity index is 739. The average molecular weight is 449 g/mol. The number of carbonyl (C=O) groups excluding carboxylic acids is 3. The lowest BCUT2D eigenvalue weighted by Gasteiger charge is -2.24. The summed E-state index contributed by atoms with van der Waals surface area (Å²) in [7, 11) is 0. The molecule has 0 aromatic rings. The van der Waals surface area contributed by atoms with Crippen LogP contribution in [0.25, 0.3) is 0 Å². The molecule has 6 atom stereocenters. The summed E-state index contributed by atoms with van der Waals surface area (Å²) in [6, 6.07) is 0. The van der Waals surface area contributed by atoms with Crippen molar-refractivity contribution in [2.24, 2.45) is 11.8 Å². The van der Waals surface area contributed by atoms with Crippen LogP contribution in [0.5, 0.6) is 0 Å². The summed E-state index contributed by atoms with van der Waals surface area (Å²) in [6.07, 6.45) is 8.68. The molecule has 2 aliphatic rings. The summed E-state index contributed by atoms with van der Waals surface area (Å²) in [5, 5.41) is 0. The Morgan fingerprint density at radius 1 is 1.19 bits per heavy atom. The van der Waals surface area contributed by atoms with Gasteiger partial charge in [-0.25, -0.2) is 4.79 Å². The Hall–Kier alpha value is -1.95. The predicted octanol–water partition coefficient (Wildman–Crippen LogP) is 5.10. The molecule has 0 aliphatic carbocycles. The molecule has 32 heavy (non-hydrogen) atoms. The number of hydrogen-bond acceptors (Lipinski definition) is 6. The van der Waals surface area contributed by atoms with Crippen molar-refractivity contribution in [3.05, 3.63) is 23.8 Å². The first-order valence-electron chi connectivity index (χ1n) is 11.9. The first kappa shape index (κ1) is 26.3. The van der Waals surface area contributed by atoms with Crippen molar-refractivity contribution in [2.75, 3.05) is 0 Å². The summed E-state index contributed by atoms with van der Waals surface area (Å²) < 4.78 is 17.8. The molecule has 1 fully saturated rings. The van der Waals surface area contributed by atoms with Crippen molar-refractivity contribution in [3.8, 4) is 0 Å². The lowest BCUT2D eigenvalue weighted by atomic mass is 9.93. The van der Waals surface area contributed by atoms with Crippen LogP contribution in [0.1, 0.15) is 86.5 Å². The Balaban J connectivity index is 2.26. The van der Waals surface area contributed by atoms with Gasteiger partial charge in [-0.3, -0.25) is 9.59 Å². The highest BCUT2D eigenvalue weighted by Crippen LogP contribution is 2.38. The Morgan fingerprint density at radius 2 is 1.91 bits per heavy atom. The van der Waals surface area contributed by atoms with E-state index in [-0.39, 0.29) is 54.2 Å². The van der Waals surface area contributed by atoms with Crippen LogP contribution >= 0.6 is 0 Å². The highest BCUT2D eigenvalue weighted by molar-refractivity contribution is 5.82. The van der Waals surface area contributed by atoms with Crippen LogP contribution in [-0.4, -0.2) is 41.6 Å². The van der Waals surface area contributed by atoms with Crippen molar-refractivity contribution in [2.45, 2.75) is 110 Å². The van der Waals surface area contributed by atoms with Gasteiger partial charge in [-0.05, 0) is 46.0 Å². The van der Waals surface area contributed by atoms with Gasteiger partial charge in [0.15, 0.2) is 0 Å². The van der Waals surface area contributed by atoms with E-state index in [0.29, 0.717) is 6.42 Å². The molecule has 6 heteroatoms. The first-order chi connectivity index (χ1) is 15.0. The number of ketones is 1. The summed E-state index contributed by atoms with van der Waals surface area (Å²) in [5.41, 5.74) is 0.849. The van der Waals surface area contributed by atoms with Crippen molar-refractivity contribution >= 4 is 17.7 Å². The van der Waals surface area contributed by atoms with Crippen molar-refractivity contribution in [1.29, 1.82) is 0 Å². The van der Waals surface area contributed by atoms with Crippen LogP contribution in [-0.2, 0) is 28.6 Å². The smallest absolute Gasteiger partial charge is 0.330 e. The maximum absolute atomic E-state index is 12.5. The van der Waals surface area contributed by atoms with Gasteiger partial charge in [0.2, 0.25) is 0 Å². The summed E-state index contributed by atoms with van der Waals surface area (Å²) in [5.74, 6) is -1.05. The first-order valence-corrected chi connectivity index (χ1v) is 11.9. The Kier molecular flexibility index (Phi) is 9.68. The van der Waals surface area contributed by atoms with Gasteiger partial charge in [0.05, 0.1) is 18.1 Å². The molecule has 0 aromatic carbocycles. The molecular weight excluding hydrogens is 408 g/mol. The standard InChI is InChI=1S/C26H40O6/c1-7-12-26(6)16-23-21(32-26)10-8-17(2)13-19(4)22(15-20(5)27)30-25(29)14-18(3)9-11-24(28)31-23/h9,11,13,18-19,21-23H,7-8,10,12,14-16H2,1-6H3/b11-9+,17-13+/t18-,19-,21+,22+,23?,26-/m1/s1. The van der Waals surface area contributed by atoms with E-state index in [1.807, 2.05) is 20.8 Å². The van der Waals surface area contributed by atoms with Gasteiger partial charge in [0, 0.05) is 24.8 Å². The highest BCUT2D eigenvalue weighted by atomic mass is 16.6. The van der Waals surface area contributed by atoms with E-state index in [1.165, 1.54) is 13.0 Å². The van der Waals surface area contributed by atoms with E-state index < -0.39 is 12.1 Å². The molecule has 1 saturated heterocycles. The second-order valence-corrected chi connectivity index (χ2v) is 9.92. The normalized spacial score (nSPS) is 37.6. The van der Waals surface area contributed by atoms with Crippen LogP contribution in [0.2, 0.25) is 0 Å². The summed E-state index contributed by atoms with van der Waals surface area (Å²) >= 11 is 0. The van der Waals surface area contributed by atoms with Gasteiger partial charge in [-0.1, -0.05) is 44.9 Å². The molecule has 2 heterocycles. The number of fused-ring (bicyclic) bond motifs is 1. The van der Waals surface area contributed by atoms with Crippen molar-refractivity contribution < 1.29 is 28.6 Å². The average Bonchev–Trinajstić information content (AvgIpc) is 2.98. The van der Waals surface area contributed by atoms with E-state index in [4.69, 9.17) is 14.2 Å².